The zero-order chi connectivity index (χ0) is 23.7. The van der Waals surface area contributed by atoms with Crippen molar-refractivity contribution in [1.29, 1.82) is 5.26 Å². The van der Waals surface area contributed by atoms with Crippen LogP contribution in [0.25, 0.3) is 11.0 Å². The lowest BCUT2D eigenvalue weighted by Gasteiger charge is -2.04. The number of halogens is 2. The number of nitrogen functional groups attached to an aromatic ring is 2. The first-order valence-corrected chi connectivity index (χ1v) is 9.45. The third-order valence-corrected chi connectivity index (χ3v) is 4.62. The number of methoxy groups -OCH3 is 2. The summed E-state index contributed by atoms with van der Waals surface area (Å²) >= 11 is 6.39. The summed E-state index contributed by atoms with van der Waals surface area (Å²) in [4.78, 5) is 14.3. The Labute approximate surface area is 192 Å². The largest absolute Gasteiger partial charge is 0.594 e. The Morgan fingerprint density at radius 1 is 1.13 bits per heavy atom. The molecule has 13 nitrogen and oxygen atoms in total. The Kier molecular flexibility index (Phi) is 9.44. The van der Waals surface area contributed by atoms with Crippen LogP contribution in [-0.2, 0) is 0 Å². The fourth-order valence-electron chi connectivity index (χ4n) is 2.10. The van der Waals surface area contributed by atoms with E-state index in [1.54, 1.807) is 12.1 Å². The van der Waals surface area contributed by atoms with Crippen molar-refractivity contribution >= 4 is 60.2 Å². The van der Waals surface area contributed by atoms with Crippen LogP contribution in [0.5, 0.6) is 11.5 Å². The highest BCUT2D eigenvalue weighted by Crippen LogP contribution is 2.33. The molecule has 0 aliphatic heterocycles. The molecule has 1 aromatic heterocycles. The number of fused-ring (bicyclic) bond motifs is 1. The highest BCUT2D eigenvalue weighted by Gasteiger charge is 2.15. The molecule has 0 saturated carbocycles. The summed E-state index contributed by atoms with van der Waals surface area (Å²) in [5, 5.41) is 32.4. The maximum absolute atomic E-state index is 11.4. The molecule has 3 aromatic rings. The van der Waals surface area contributed by atoms with E-state index in [0.717, 1.165) is 0 Å². The minimum absolute atomic E-state index is 0.0677. The van der Waals surface area contributed by atoms with Crippen molar-refractivity contribution in [2.75, 3.05) is 25.7 Å². The molecule has 15 heteroatoms. The average Bonchev–Trinajstić information content (AvgIpc) is 2.70. The van der Waals surface area contributed by atoms with Gasteiger partial charge in [-0.25, -0.2) is 4.98 Å². The van der Waals surface area contributed by atoms with E-state index in [2.05, 4.69) is 47.7 Å². The Morgan fingerprint density at radius 3 is 2.16 bits per heavy atom. The van der Waals surface area contributed by atoms with E-state index in [1.165, 1.54) is 32.5 Å². The van der Waals surface area contributed by atoms with Gasteiger partial charge >= 0.3 is 0 Å². The number of rotatable bonds is 3. The summed E-state index contributed by atoms with van der Waals surface area (Å²) in [6.07, 6.45) is 1.25. The Bertz CT molecular complexity index is 1140. The fourth-order valence-corrected chi connectivity index (χ4v) is 3.08. The van der Waals surface area contributed by atoms with Gasteiger partial charge < -0.3 is 31.9 Å². The highest BCUT2D eigenvalue weighted by atomic mass is 79.9. The highest BCUT2D eigenvalue weighted by molar-refractivity contribution is 9.11. The second-order valence-corrected chi connectivity index (χ2v) is 6.96. The van der Waals surface area contributed by atoms with Gasteiger partial charge in [-0.1, -0.05) is 0 Å². The zero-order valence-electron chi connectivity index (χ0n) is 16.1. The number of hydrogen-bond donors (Lipinski definition) is 3. The van der Waals surface area contributed by atoms with Crippen molar-refractivity contribution < 1.29 is 19.2 Å². The molecule has 31 heavy (non-hydrogen) atoms. The second-order valence-electron chi connectivity index (χ2n) is 5.25. The molecule has 0 fully saturated rings. The molecule has 0 saturated heterocycles. The second kappa shape index (κ2) is 11.5. The van der Waals surface area contributed by atoms with Gasteiger partial charge in [0.05, 0.1) is 33.2 Å². The minimum atomic E-state index is -0.542. The van der Waals surface area contributed by atoms with Gasteiger partial charge in [-0.3, -0.25) is 10.1 Å². The fraction of sp³-hybridized carbons (Fsp3) is 0.125. The van der Waals surface area contributed by atoms with Crippen LogP contribution in [0.4, 0.5) is 17.3 Å². The van der Waals surface area contributed by atoms with Gasteiger partial charge in [0.1, 0.15) is 22.7 Å². The Morgan fingerprint density at radius 2 is 1.65 bits per heavy atom. The molecule has 164 valence electrons. The number of nitrogens with zero attached hydrogens (tertiary/aromatic N) is 5. The summed E-state index contributed by atoms with van der Waals surface area (Å²) in [5.74, 6) is 0.991. The van der Waals surface area contributed by atoms with E-state index in [-0.39, 0.29) is 17.3 Å². The van der Waals surface area contributed by atoms with Crippen LogP contribution in [0.3, 0.4) is 0 Å². The van der Waals surface area contributed by atoms with E-state index in [0.29, 0.717) is 36.3 Å². The lowest BCUT2D eigenvalue weighted by atomic mass is 10.2. The molecule has 0 amide bonds. The summed E-state index contributed by atoms with van der Waals surface area (Å²) < 4.78 is 11.2. The molecule has 2 aromatic carbocycles. The summed E-state index contributed by atoms with van der Waals surface area (Å²) in [6, 6.07) is 5.92. The van der Waals surface area contributed by atoms with E-state index in [1.807, 2.05) is 0 Å². The van der Waals surface area contributed by atoms with Crippen LogP contribution in [0, 0.1) is 26.8 Å². The van der Waals surface area contributed by atoms with Crippen molar-refractivity contribution in [2.45, 2.75) is 0 Å². The number of anilines is 2. The third-order valence-electron chi connectivity index (χ3n) is 3.38. The van der Waals surface area contributed by atoms with Gasteiger partial charge in [-0.15, -0.1) is 0 Å². The molecule has 0 bridgehead atoms. The van der Waals surface area contributed by atoms with Gasteiger partial charge in [0.15, 0.2) is 6.19 Å². The summed E-state index contributed by atoms with van der Waals surface area (Å²) in [5.41, 5.74) is 15.7. The number of benzene rings is 2. The number of ether oxygens (including phenoxy) is 2. The molecule has 0 spiro atoms. The first kappa shape index (κ1) is 25.4. The van der Waals surface area contributed by atoms with E-state index in [4.69, 9.17) is 26.2 Å². The molecule has 0 aliphatic rings. The van der Waals surface area contributed by atoms with Crippen molar-refractivity contribution in [3.63, 3.8) is 0 Å². The topological polar surface area (TPSA) is 216 Å². The number of aromatic nitrogens is 3. The predicted molar refractivity (Wildman–Crippen MR) is 119 cm³/mol. The molecular weight excluding hydrogens is 544 g/mol. The number of nitriles is 1. The molecule has 0 unspecified atom stereocenters. The maximum Gasteiger partial charge on any atom is 0.293 e. The van der Waals surface area contributed by atoms with Crippen molar-refractivity contribution in [2.24, 2.45) is 5.73 Å². The summed E-state index contributed by atoms with van der Waals surface area (Å²) in [7, 11) is 2.99. The number of nitro groups is 1. The van der Waals surface area contributed by atoms with Crippen LogP contribution < -0.4 is 31.5 Å². The molecule has 0 radical (unpaired) electrons. The quantitative estimate of drug-likeness (QED) is 0.0801. The molecule has 6 N–H and O–H groups in total. The monoisotopic (exact) mass is 558 g/mol. The summed E-state index contributed by atoms with van der Waals surface area (Å²) in [6.45, 7) is 0. The van der Waals surface area contributed by atoms with Crippen LogP contribution in [0.15, 0.2) is 33.2 Å². The predicted octanol–water partition coefficient (Wildman–Crippen LogP) is 1.99. The normalized spacial score (nSPS) is 9.39. The maximum atomic E-state index is 11.4. The number of nitro benzene ring substituents is 1. The molecule has 0 atom stereocenters. The van der Waals surface area contributed by atoms with E-state index < -0.39 is 4.92 Å². The van der Waals surface area contributed by atoms with Crippen LogP contribution in [0.2, 0.25) is 0 Å². The molecule has 1 heterocycles. The number of hydrogen-bond acceptors (Lipinski definition) is 11. The molecular formula is C16H16Br2N8O5. The van der Waals surface area contributed by atoms with Crippen molar-refractivity contribution in [3.05, 3.63) is 48.5 Å². The molecule has 0 aliphatic carbocycles. The van der Waals surface area contributed by atoms with E-state index >= 15 is 0 Å². The zero-order valence-corrected chi connectivity index (χ0v) is 19.2. The van der Waals surface area contributed by atoms with Gasteiger partial charge in [0.2, 0.25) is 0 Å². The van der Waals surface area contributed by atoms with E-state index in [9.17, 15) is 15.3 Å². The lowest BCUT2D eigenvalue weighted by Crippen LogP contribution is -2.33. The van der Waals surface area contributed by atoms with Gasteiger partial charge in [0.25, 0.3) is 17.2 Å². The van der Waals surface area contributed by atoms with Crippen molar-refractivity contribution in [3.8, 4) is 17.7 Å². The van der Waals surface area contributed by atoms with Gasteiger partial charge in [-0.2, -0.15) is 5.26 Å². The smallest absolute Gasteiger partial charge is 0.293 e. The standard InChI is InChI=1S/C8H7BrN4O2.C7H7BrN2O3.CH2N2/c1-15-7-3-5-6(2-4(7)9)13(14)12-8(10)11-5;1-13-7-3-5(9)6(10(11)12)2-4(7)8;2-1-3/h2-3H,1H3,(H2,10,11,12);2-3H,9H2,1H3;2H2. The van der Waals surface area contributed by atoms with Crippen LogP contribution in [-0.4, -0.2) is 29.2 Å². The lowest BCUT2D eigenvalue weighted by molar-refractivity contribution is -0.641. The third kappa shape index (κ3) is 6.69. The van der Waals surface area contributed by atoms with Gasteiger partial charge in [-0.05, 0) is 36.7 Å². The minimum Gasteiger partial charge on any atom is -0.594 e. The van der Waals surface area contributed by atoms with Crippen molar-refractivity contribution in [1.82, 2.24) is 10.1 Å². The Balaban J connectivity index is 0.000000278. The Hall–Kier alpha value is -3.64. The first-order valence-electron chi connectivity index (χ1n) is 7.87. The first-order chi connectivity index (χ1) is 14.6. The van der Waals surface area contributed by atoms with Gasteiger partial charge in [0, 0.05) is 24.3 Å². The average molecular weight is 560 g/mol. The van der Waals surface area contributed by atoms with Crippen LogP contribution in [0.1, 0.15) is 0 Å². The van der Waals surface area contributed by atoms with Crippen LogP contribution >= 0.6 is 31.9 Å². The molecule has 3 rings (SSSR count). The number of nitrogens with two attached hydrogens (primary N) is 3. The SMILES string of the molecule is COc1cc(N)c([N+](=O)[O-])cc1Br.COc1cc2nc(N)n[n+]([O-])c2cc1Br.N#CN.